The summed E-state index contributed by atoms with van der Waals surface area (Å²) in [7, 11) is 5.84. The molecule has 0 aromatic rings. The number of nitrogens with two attached hydrogens (primary N) is 1. The molecule has 1 fully saturated rings. The SMILES string of the molecule is CNC/N=C(\NC1(N)CCCCC1)N(C)C. The predicted octanol–water partition coefficient (Wildman–Crippen LogP) is 0.290. The molecule has 0 aromatic carbocycles. The minimum Gasteiger partial charge on any atom is -0.349 e. The van der Waals surface area contributed by atoms with Gasteiger partial charge in [-0.1, -0.05) is 6.42 Å². The van der Waals surface area contributed by atoms with Gasteiger partial charge in [-0.3, -0.25) is 0 Å². The van der Waals surface area contributed by atoms with Crippen molar-refractivity contribution >= 4 is 5.96 Å². The van der Waals surface area contributed by atoms with Crippen molar-refractivity contribution in [3.05, 3.63) is 0 Å². The van der Waals surface area contributed by atoms with Crippen molar-refractivity contribution in [2.75, 3.05) is 27.8 Å². The van der Waals surface area contributed by atoms with E-state index in [0.717, 1.165) is 18.8 Å². The molecule has 0 radical (unpaired) electrons. The third-order valence-electron chi connectivity index (χ3n) is 2.92. The fourth-order valence-electron chi connectivity index (χ4n) is 1.98. The maximum Gasteiger partial charge on any atom is 0.196 e. The molecule has 1 saturated carbocycles. The van der Waals surface area contributed by atoms with Crippen LogP contribution < -0.4 is 16.4 Å². The second-order valence-electron chi connectivity index (χ2n) is 4.73. The lowest BCUT2D eigenvalue weighted by atomic mass is 9.90. The first-order chi connectivity index (χ1) is 7.57. The predicted molar refractivity (Wildman–Crippen MR) is 68.2 cm³/mol. The zero-order valence-electron chi connectivity index (χ0n) is 10.7. The molecule has 0 atom stereocenters. The van der Waals surface area contributed by atoms with Crippen LogP contribution in [0.1, 0.15) is 32.1 Å². The minimum atomic E-state index is -0.269. The quantitative estimate of drug-likeness (QED) is 0.368. The molecule has 1 rings (SSSR count). The van der Waals surface area contributed by atoms with Crippen LogP contribution in [0.25, 0.3) is 0 Å². The average molecular weight is 227 g/mol. The summed E-state index contributed by atoms with van der Waals surface area (Å²) in [4.78, 5) is 6.39. The Bertz CT molecular complexity index is 231. The summed E-state index contributed by atoms with van der Waals surface area (Å²) in [5, 5.41) is 6.39. The number of nitrogens with one attached hydrogen (secondary N) is 2. The van der Waals surface area contributed by atoms with Gasteiger partial charge < -0.3 is 21.3 Å². The molecule has 0 aromatic heterocycles. The first kappa shape index (κ1) is 13.3. The fraction of sp³-hybridized carbons (Fsp3) is 0.909. The van der Waals surface area contributed by atoms with Crippen molar-refractivity contribution in [3.63, 3.8) is 0 Å². The number of rotatable bonds is 3. The molecule has 0 saturated heterocycles. The van der Waals surface area contributed by atoms with Gasteiger partial charge in [0.1, 0.15) is 0 Å². The van der Waals surface area contributed by atoms with Crippen LogP contribution in [-0.2, 0) is 0 Å². The van der Waals surface area contributed by atoms with Gasteiger partial charge in [-0.15, -0.1) is 0 Å². The zero-order valence-corrected chi connectivity index (χ0v) is 10.7. The smallest absolute Gasteiger partial charge is 0.196 e. The van der Waals surface area contributed by atoms with Crippen LogP contribution in [0.15, 0.2) is 4.99 Å². The molecule has 5 nitrogen and oxygen atoms in total. The van der Waals surface area contributed by atoms with Gasteiger partial charge in [0.2, 0.25) is 0 Å². The normalized spacial score (nSPS) is 20.6. The lowest BCUT2D eigenvalue weighted by Gasteiger charge is -2.36. The molecule has 5 heteroatoms. The molecule has 0 amide bonds. The van der Waals surface area contributed by atoms with Crippen molar-refractivity contribution in [2.45, 2.75) is 37.8 Å². The molecule has 0 aliphatic heterocycles. The van der Waals surface area contributed by atoms with E-state index < -0.39 is 0 Å². The van der Waals surface area contributed by atoms with Gasteiger partial charge in [-0.2, -0.15) is 0 Å². The van der Waals surface area contributed by atoms with Gasteiger partial charge in [0.05, 0.1) is 12.3 Å². The van der Waals surface area contributed by atoms with E-state index in [1.54, 1.807) is 0 Å². The van der Waals surface area contributed by atoms with Crippen molar-refractivity contribution in [1.29, 1.82) is 0 Å². The van der Waals surface area contributed by atoms with E-state index in [9.17, 15) is 0 Å². The average Bonchev–Trinajstić information content (AvgIpc) is 2.25. The summed E-state index contributed by atoms with van der Waals surface area (Å²) in [6, 6.07) is 0. The van der Waals surface area contributed by atoms with E-state index in [0.29, 0.717) is 6.67 Å². The Morgan fingerprint density at radius 3 is 2.44 bits per heavy atom. The summed E-state index contributed by atoms with van der Waals surface area (Å²) in [6.07, 6.45) is 5.76. The van der Waals surface area contributed by atoms with Crippen molar-refractivity contribution < 1.29 is 0 Å². The topological polar surface area (TPSA) is 65.7 Å². The van der Waals surface area contributed by atoms with Crippen LogP contribution in [-0.4, -0.2) is 44.3 Å². The molecule has 1 aliphatic carbocycles. The van der Waals surface area contributed by atoms with Gasteiger partial charge in [-0.05, 0) is 32.7 Å². The second-order valence-corrected chi connectivity index (χ2v) is 4.73. The molecule has 16 heavy (non-hydrogen) atoms. The summed E-state index contributed by atoms with van der Waals surface area (Å²) in [5.41, 5.74) is 6.06. The molecule has 0 bridgehead atoms. The number of hydrogen-bond acceptors (Lipinski definition) is 3. The Balaban J connectivity index is 2.59. The lowest BCUT2D eigenvalue weighted by molar-refractivity contribution is 0.266. The highest BCUT2D eigenvalue weighted by Crippen LogP contribution is 2.23. The highest BCUT2D eigenvalue weighted by molar-refractivity contribution is 5.80. The Hall–Kier alpha value is -0.810. The third-order valence-corrected chi connectivity index (χ3v) is 2.92. The standard InChI is InChI=1S/C11H25N5/c1-13-9-14-10(16(2)3)15-11(12)7-5-4-6-8-11/h13H,4-9,12H2,1-3H3,(H,14,15). The van der Waals surface area contributed by atoms with Gasteiger partial charge in [0, 0.05) is 14.1 Å². The minimum absolute atomic E-state index is 0.269. The Morgan fingerprint density at radius 2 is 1.94 bits per heavy atom. The van der Waals surface area contributed by atoms with Crippen molar-refractivity contribution in [3.8, 4) is 0 Å². The first-order valence-corrected chi connectivity index (χ1v) is 6.01. The molecule has 0 spiro atoms. The lowest BCUT2D eigenvalue weighted by Crippen LogP contribution is -2.59. The summed E-state index contributed by atoms with van der Waals surface area (Å²) in [5.74, 6) is 0.860. The number of guanidine groups is 1. The van der Waals surface area contributed by atoms with E-state index in [1.165, 1.54) is 19.3 Å². The van der Waals surface area contributed by atoms with Gasteiger partial charge >= 0.3 is 0 Å². The number of aliphatic imine (C=N–C) groups is 1. The van der Waals surface area contributed by atoms with Crippen LogP contribution >= 0.6 is 0 Å². The van der Waals surface area contributed by atoms with E-state index in [4.69, 9.17) is 5.73 Å². The maximum absolute atomic E-state index is 6.33. The van der Waals surface area contributed by atoms with Gasteiger partial charge in [-0.25, -0.2) is 4.99 Å². The monoisotopic (exact) mass is 227 g/mol. The first-order valence-electron chi connectivity index (χ1n) is 6.01. The second kappa shape index (κ2) is 6.06. The van der Waals surface area contributed by atoms with Crippen LogP contribution in [0.5, 0.6) is 0 Å². The molecule has 0 unspecified atom stereocenters. The van der Waals surface area contributed by atoms with E-state index in [2.05, 4.69) is 15.6 Å². The molecule has 4 N–H and O–H groups in total. The van der Waals surface area contributed by atoms with Crippen LogP contribution in [0.3, 0.4) is 0 Å². The Labute approximate surface area is 98.5 Å². The molecule has 94 valence electrons. The summed E-state index contributed by atoms with van der Waals surface area (Å²) >= 11 is 0. The highest BCUT2D eigenvalue weighted by Gasteiger charge is 2.28. The van der Waals surface area contributed by atoms with Crippen LogP contribution in [0.4, 0.5) is 0 Å². The Morgan fingerprint density at radius 1 is 1.31 bits per heavy atom. The van der Waals surface area contributed by atoms with Crippen molar-refractivity contribution in [2.24, 2.45) is 10.7 Å². The molecular formula is C11H25N5. The van der Waals surface area contributed by atoms with Crippen LogP contribution in [0, 0.1) is 0 Å². The number of hydrogen-bond donors (Lipinski definition) is 3. The van der Waals surface area contributed by atoms with Crippen LogP contribution in [0.2, 0.25) is 0 Å². The van der Waals surface area contributed by atoms with Gasteiger partial charge in [0.15, 0.2) is 5.96 Å². The van der Waals surface area contributed by atoms with E-state index in [-0.39, 0.29) is 5.66 Å². The Kier molecular flexibility index (Phi) is 5.02. The van der Waals surface area contributed by atoms with Gasteiger partial charge in [0.25, 0.3) is 0 Å². The summed E-state index contributed by atoms with van der Waals surface area (Å²) in [6.45, 7) is 0.608. The largest absolute Gasteiger partial charge is 0.349 e. The third kappa shape index (κ3) is 3.98. The highest BCUT2D eigenvalue weighted by atomic mass is 15.3. The molecular weight excluding hydrogens is 202 g/mol. The molecule has 0 heterocycles. The zero-order chi connectivity index (χ0) is 12.0. The summed E-state index contributed by atoms with van der Waals surface area (Å²) < 4.78 is 0. The van der Waals surface area contributed by atoms with E-state index in [1.807, 2.05) is 26.0 Å². The molecule has 1 aliphatic rings. The van der Waals surface area contributed by atoms with E-state index >= 15 is 0 Å². The number of nitrogens with zero attached hydrogens (tertiary/aromatic N) is 2. The fourth-order valence-corrected chi connectivity index (χ4v) is 1.98. The van der Waals surface area contributed by atoms with Crippen molar-refractivity contribution in [1.82, 2.24) is 15.5 Å². The maximum atomic E-state index is 6.33.